The van der Waals surface area contributed by atoms with Gasteiger partial charge in [0.15, 0.2) is 9.84 Å². The number of likely N-dealkylation sites (tertiary alicyclic amines) is 1. The van der Waals surface area contributed by atoms with Crippen LogP contribution in [0.3, 0.4) is 0 Å². The maximum Gasteiger partial charge on any atom is 0.356 e. The summed E-state index contributed by atoms with van der Waals surface area (Å²) < 4.78 is 43.9. The van der Waals surface area contributed by atoms with Gasteiger partial charge in [0.25, 0.3) is 0 Å². The summed E-state index contributed by atoms with van der Waals surface area (Å²) in [4.78, 5) is 18.3. The van der Waals surface area contributed by atoms with Gasteiger partial charge in [0.1, 0.15) is 11.5 Å². The molecule has 1 aromatic carbocycles. The summed E-state index contributed by atoms with van der Waals surface area (Å²) in [5, 5.41) is 0.507. The lowest BCUT2D eigenvalue weighted by Gasteiger charge is -2.15. The molecule has 0 unspecified atom stereocenters. The number of ether oxygens (including phenoxy) is 1. The molecule has 1 aliphatic rings. The molecule has 0 radical (unpaired) electrons. The van der Waals surface area contributed by atoms with E-state index in [1.165, 1.54) is 25.5 Å². The molecule has 1 aliphatic heterocycles. The van der Waals surface area contributed by atoms with Crippen LogP contribution in [0.4, 0.5) is 4.39 Å². The van der Waals surface area contributed by atoms with Crippen LogP contribution < -0.4 is 0 Å². The number of nitrogens with zero attached hydrogens (tertiary/aromatic N) is 3. The predicted molar refractivity (Wildman–Crippen MR) is 115 cm³/mol. The van der Waals surface area contributed by atoms with Gasteiger partial charge in [0.2, 0.25) is 0 Å². The van der Waals surface area contributed by atoms with Crippen LogP contribution in [0.2, 0.25) is 0 Å². The van der Waals surface area contributed by atoms with E-state index in [2.05, 4.69) is 9.88 Å². The summed E-state index contributed by atoms with van der Waals surface area (Å²) >= 11 is 0. The van der Waals surface area contributed by atoms with Crippen LogP contribution in [0.5, 0.6) is 0 Å². The van der Waals surface area contributed by atoms with E-state index in [0.717, 1.165) is 22.0 Å². The Morgan fingerprint density at radius 3 is 2.65 bits per heavy atom. The van der Waals surface area contributed by atoms with Crippen molar-refractivity contribution in [2.45, 2.75) is 24.8 Å². The number of hydrogen-bond acceptors (Lipinski definition) is 6. The van der Waals surface area contributed by atoms with Crippen LogP contribution in [0.25, 0.3) is 10.9 Å². The average Bonchev–Trinajstić information content (AvgIpc) is 3.34. The molecule has 2 aromatic heterocycles. The highest BCUT2D eigenvalue weighted by atomic mass is 32.2. The first-order valence-corrected chi connectivity index (χ1v) is 11.9. The smallest absolute Gasteiger partial charge is 0.356 e. The minimum atomic E-state index is -3.08. The van der Waals surface area contributed by atoms with Crippen molar-refractivity contribution in [2.75, 3.05) is 26.5 Å². The molecular formula is C22H24FN3O4S. The number of rotatable bonds is 6. The number of fused-ring (bicyclic) bond motifs is 1. The zero-order valence-corrected chi connectivity index (χ0v) is 18.2. The highest BCUT2D eigenvalue weighted by Gasteiger charge is 2.30. The van der Waals surface area contributed by atoms with Crippen molar-refractivity contribution in [3.63, 3.8) is 0 Å². The lowest BCUT2D eigenvalue weighted by Crippen LogP contribution is -2.26. The third kappa shape index (κ3) is 4.62. The van der Waals surface area contributed by atoms with Crippen LogP contribution in [0.1, 0.15) is 28.0 Å². The Balaban J connectivity index is 1.68. The number of halogens is 1. The van der Waals surface area contributed by atoms with Gasteiger partial charge in [-0.2, -0.15) is 0 Å². The van der Waals surface area contributed by atoms with E-state index in [0.29, 0.717) is 32.6 Å². The van der Waals surface area contributed by atoms with Gasteiger partial charge in [-0.15, -0.1) is 0 Å². The van der Waals surface area contributed by atoms with Crippen LogP contribution in [0, 0.1) is 5.82 Å². The molecule has 1 atom stereocenters. The molecule has 0 aliphatic carbocycles. The third-order valence-electron chi connectivity index (χ3n) is 5.74. The van der Waals surface area contributed by atoms with E-state index in [1.807, 2.05) is 10.8 Å². The number of methoxy groups -OCH3 is 1. The Morgan fingerprint density at radius 2 is 2.00 bits per heavy atom. The van der Waals surface area contributed by atoms with Gasteiger partial charge in [-0.05, 0) is 42.3 Å². The Labute approximate surface area is 180 Å². The minimum absolute atomic E-state index is 0.214. The normalized spacial score (nSPS) is 17.3. The van der Waals surface area contributed by atoms with Crippen molar-refractivity contribution in [1.29, 1.82) is 0 Å². The van der Waals surface area contributed by atoms with E-state index in [1.54, 1.807) is 24.4 Å². The SMILES string of the molecule is COC(=O)c1cc2c(CN3CC[C@H](S(C)(=O)=O)C3)cn(Cc3ccc(F)cc3)c2cn1. The summed E-state index contributed by atoms with van der Waals surface area (Å²) in [6.07, 6.45) is 5.52. The fraction of sp³-hybridized carbons (Fsp3) is 0.364. The van der Waals surface area contributed by atoms with Crippen molar-refractivity contribution >= 4 is 26.7 Å². The molecule has 1 saturated heterocycles. The Kier molecular flexibility index (Phi) is 5.81. The summed E-state index contributed by atoms with van der Waals surface area (Å²) in [7, 11) is -1.77. The van der Waals surface area contributed by atoms with E-state index in [-0.39, 0.29) is 16.8 Å². The van der Waals surface area contributed by atoms with Gasteiger partial charge in [0, 0.05) is 37.5 Å². The van der Waals surface area contributed by atoms with Crippen molar-refractivity contribution in [3.8, 4) is 0 Å². The molecule has 31 heavy (non-hydrogen) atoms. The van der Waals surface area contributed by atoms with Crippen LogP contribution in [-0.4, -0.2) is 60.5 Å². The molecule has 164 valence electrons. The second-order valence-electron chi connectivity index (χ2n) is 7.96. The second kappa shape index (κ2) is 8.39. The molecule has 0 N–H and O–H groups in total. The lowest BCUT2D eigenvalue weighted by molar-refractivity contribution is 0.0594. The molecule has 9 heteroatoms. The fourth-order valence-electron chi connectivity index (χ4n) is 4.05. The molecule has 0 spiro atoms. The molecule has 0 saturated carbocycles. The molecular weight excluding hydrogens is 421 g/mol. The van der Waals surface area contributed by atoms with E-state index in [9.17, 15) is 17.6 Å². The highest BCUT2D eigenvalue weighted by molar-refractivity contribution is 7.91. The van der Waals surface area contributed by atoms with E-state index < -0.39 is 15.8 Å². The van der Waals surface area contributed by atoms with Crippen molar-refractivity contribution in [2.24, 2.45) is 0 Å². The van der Waals surface area contributed by atoms with Crippen LogP contribution in [0.15, 0.2) is 42.7 Å². The van der Waals surface area contributed by atoms with Gasteiger partial charge in [0.05, 0.1) is 24.1 Å². The number of sulfone groups is 1. The van der Waals surface area contributed by atoms with Crippen LogP contribution >= 0.6 is 0 Å². The van der Waals surface area contributed by atoms with Gasteiger partial charge in [-0.25, -0.2) is 22.6 Å². The fourth-order valence-corrected chi connectivity index (χ4v) is 5.07. The summed E-state index contributed by atoms with van der Waals surface area (Å²) in [5.41, 5.74) is 2.95. The van der Waals surface area contributed by atoms with Gasteiger partial charge in [-0.1, -0.05) is 12.1 Å². The predicted octanol–water partition coefficient (Wildman–Crippen LogP) is 2.63. The first-order chi connectivity index (χ1) is 14.7. The highest BCUT2D eigenvalue weighted by Crippen LogP contribution is 2.27. The molecule has 4 rings (SSSR count). The average molecular weight is 446 g/mol. The van der Waals surface area contributed by atoms with Gasteiger partial charge >= 0.3 is 5.97 Å². The Bertz CT molecular complexity index is 1220. The molecule has 3 heterocycles. The summed E-state index contributed by atoms with van der Waals surface area (Å²) in [5.74, 6) is -0.807. The number of carbonyl (C=O) groups excluding carboxylic acids is 1. The maximum atomic E-state index is 13.3. The van der Waals surface area contributed by atoms with Crippen molar-refractivity contribution in [1.82, 2.24) is 14.5 Å². The van der Waals surface area contributed by atoms with E-state index in [4.69, 9.17) is 4.74 Å². The molecule has 1 fully saturated rings. The van der Waals surface area contributed by atoms with Crippen molar-refractivity contribution < 1.29 is 22.3 Å². The summed E-state index contributed by atoms with van der Waals surface area (Å²) in [6.45, 7) is 2.25. The molecule has 0 amide bonds. The largest absolute Gasteiger partial charge is 0.464 e. The summed E-state index contributed by atoms with van der Waals surface area (Å²) in [6, 6.07) is 8.01. The Morgan fingerprint density at radius 1 is 1.26 bits per heavy atom. The van der Waals surface area contributed by atoms with Gasteiger partial charge < -0.3 is 9.30 Å². The quantitative estimate of drug-likeness (QED) is 0.543. The van der Waals surface area contributed by atoms with E-state index >= 15 is 0 Å². The molecule has 7 nitrogen and oxygen atoms in total. The van der Waals surface area contributed by atoms with Gasteiger partial charge in [-0.3, -0.25) is 4.90 Å². The number of hydrogen-bond donors (Lipinski definition) is 0. The first kappa shape index (κ1) is 21.5. The number of aromatic nitrogens is 2. The third-order valence-corrected chi connectivity index (χ3v) is 7.34. The number of benzene rings is 1. The van der Waals surface area contributed by atoms with Crippen molar-refractivity contribution in [3.05, 3.63) is 65.4 Å². The first-order valence-electron chi connectivity index (χ1n) is 9.96. The number of pyridine rings is 1. The standard InChI is InChI=1S/C22H24FN3O4S/c1-30-22(27)20-9-19-16(12-25-8-7-18(14-25)31(2,28)29)13-26(21(19)10-24-20)11-15-3-5-17(23)6-4-15/h3-6,9-10,13,18H,7-8,11-12,14H2,1-2H3/t18-/m0/s1. The zero-order valence-electron chi connectivity index (χ0n) is 17.4. The zero-order chi connectivity index (χ0) is 22.2. The maximum absolute atomic E-state index is 13.3. The lowest BCUT2D eigenvalue weighted by atomic mass is 10.1. The monoisotopic (exact) mass is 445 g/mol. The topological polar surface area (TPSA) is 81.5 Å². The molecule has 0 bridgehead atoms. The minimum Gasteiger partial charge on any atom is -0.464 e. The number of esters is 1. The number of carbonyl (C=O) groups is 1. The Hall–Kier alpha value is -2.78. The van der Waals surface area contributed by atoms with Crippen LogP contribution in [-0.2, 0) is 27.7 Å². The molecule has 3 aromatic rings. The second-order valence-corrected chi connectivity index (χ2v) is 10.3.